The summed E-state index contributed by atoms with van der Waals surface area (Å²) in [5, 5.41) is 26.7. The number of aryl methyl sites for hydroxylation is 1. The second-order valence-electron chi connectivity index (χ2n) is 15.5. The number of hydrogen-bond donors (Lipinski definition) is 0. The van der Waals surface area contributed by atoms with Gasteiger partial charge in [-0.1, -0.05) is 120 Å². The molecule has 0 radical (unpaired) electrons. The maximum Gasteiger partial charge on any atom is 0.417 e. The molecule has 10 rings (SSSR count). The molecule has 0 spiro atoms. The molecule has 60 heavy (non-hydrogen) atoms. The van der Waals surface area contributed by atoms with Crippen molar-refractivity contribution in [2.45, 2.75) is 32.9 Å². The molecule has 0 unspecified atom stereocenters. The monoisotopic (exact) mass is 784 g/mol. The molecule has 288 valence electrons. The number of para-hydroxylation sites is 1. The molecule has 7 heteroatoms. The highest BCUT2D eigenvalue weighted by Gasteiger charge is 2.36. The van der Waals surface area contributed by atoms with Crippen LogP contribution in [0.3, 0.4) is 0 Å². The molecule has 0 atom stereocenters. The maximum absolute atomic E-state index is 15.2. The van der Waals surface area contributed by atoms with E-state index in [-0.39, 0.29) is 27.9 Å². The first-order chi connectivity index (χ1) is 29.1. The zero-order valence-electron chi connectivity index (χ0n) is 32.8. The number of nitrogens with zero attached hydrogens (tertiary/aromatic N) is 4. The Labute approximate surface area is 344 Å². The Balaban J connectivity index is 1.38. The van der Waals surface area contributed by atoms with Crippen LogP contribution in [0.2, 0.25) is 0 Å². The van der Waals surface area contributed by atoms with Crippen LogP contribution in [0.15, 0.2) is 151 Å². The van der Waals surface area contributed by atoms with Crippen molar-refractivity contribution in [2.24, 2.45) is 0 Å². The van der Waals surface area contributed by atoms with Crippen molar-refractivity contribution in [2.75, 3.05) is 0 Å². The Bertz CT molecular complexity index is 3450. The van der Waals surface area contributed by atoms with Gasteiger partial charge in [0, 0.05) is 27.3 Å². The summed E-state index contributed by atoms with van der Waals surface area (Å²) >= 11 is 0. The number of allylic oxidation sites excluding steroid dienone is 6. The number of hydrogen-bond acceptors (Lipinski definition) is 2. The standard InChI is InChI=1S/C53H35F3N4/c1-32-14-18-34(19-15-32)36-22-24-41-39-9-3-5-12-46(39)59(49(41)28-36)48-27-26-43(51-38(30-57)8-7-11-45(51)53(54,55)56)52(44(48)31-58)60-47-13-6-4-10-40(47)42-25-23-37(29-50(42)60)35-20-16-33(2)17-21-35/h3-8,10-18,20-29H,9,19H2,1-2H3. The van der Waals surface area contributed by atoms with Crippen LogP contribution in [-0.4, -0.2) is 9.13 Å². The molecule has 6 aromatic carbocycles. The summed E-state index contributed by atoms with van der Waals surface area (Å²) in [5.41, 5.74) is 8.51. The average Bonchev–Trinajstić information content (AvgIpc) is 3.77. The molecular formula is C53H35F3N4. The smallest absolute Gasteiger partial charge is 0.308 e. The highest BCUT2D eigenvalue weighted by Crippen LogP contribution is 2.46. The van der Waals surface area contributed by atoms with Gasteiger partial charge in [-0.2, -0.15) is 23.7 Å². The number of aromatic nitrogens is 2. The van der Waals surface area contributed by atoms with Crippen LogP contribution in [0.1, 0.15) is 41.2 Å². The highest BCUT2D eigenvalue weighted by molar-refractivity contribution is 6.11. The summed E-state index contributed by atoms with van der Waals surface area (Å²) in [7, 11) is 0. The Morgan fingerprint density at radius 2 is 1.43 bits per heavy atom. The summed E-state index contributed by atoms with van der Waals surface area (Å²) in [6, 6.07) is 40.2. The van der Waals surface area contributed by atoms with Gasteiger partial charge in [-0.3, -0.25) is 0 Å². The zero-order valence-corrected chi connectivity index (χ0v) is 32.8. The van der Waals surface area contributed by atoms with Crippen LogP contribution in [0.4, 0.5) is 13.2 Å². The van der Waals surface area contributed by atoms with Crippen LogP contribution in [0, 0.1) is 29.6 Å². The molecule has 4 nitrogen and oxygen atoms in total. The number of rotatable bonds is 4. The lowest BCUT2D eigenvalue weighted by atomic mass is 9.90. The lowest BCUT2D eigenvalue weighted by molar-refractivity contribution is -0.137. The van der Waals surface area contributed by atoms with Crippen LogP contribution >= 0.6 is 0 Å². The van der Waals surface area contributed by atoms with E-state index in [2.05, 4.69) is 72.2 Å². The fourth-order valence-corrected chi connectivity index (χ4v) is 9.04. The SMILES string of the molecule is CC1=CCC(=c2ccc3c4c(n(-c5ccc(-c6c(C#N)cccc6C(F)(F)F)c(-n6c7ccccc7c7ccc(-c8ccc(C)cc8)cc76)c5C#N)c3c2)=CC=CC4)C=C1. The van der Waals surface area contributed by atoms with E-state index < -0.39 is 11.7 Å². The summed E-state index contributed by atoms with van der Waals surface area (Å²) < 4.78 is 49.5. The van der Waals surface area contributed by atoms with E-state index in [0.717, 1.165) is 72.6 Å². The van der Waals surface area contributed by atoms with Crippen LogP contribution < -0.4 is 10.6 Å². The zero-order chi connectivity index (χ0) is 41.3. The first-order valence-electron chi connectivity index (χ1n) is 19.8. The maximum atomic E-state index is 15.2. The van der Waals surface area contributed by atoms with Gasteiger partial charge in [-0.25, -0.2) is 0 Å². The first-order valence-corrected chi connectivity index (χ1v) is 19.8. The number of benzene rings is 6. The van der Waals surface area contributed by atoms with Gasteiger partial charge in [0.1, 0.15) is 11.6 Å². The molecule has 0 fully saturated rings. The van der Waals surface area contributed by atoms with Crippen molar-refractivity contribution in [3.05, 3.63) is 190 Å². The van der Waals surface area contributed by atoms with Crippen molar-refractivity contribution < 1.29 is 13.2 Å². The molecule has 0 N–H and O–H groups in total. The second kappa shape index (κ2) is 14.0. The van der Waals surface area contributed by atoms with E-state index in [4.69, 9.17) is 0 Å². The van der Waals surface area contributed by atoms with Crippen molar-refractivity contribution in [3.8, 4) is 45.8 Å². The summed E-state index contributed by atoms with van der Waals surface area (Å²) in [4.78, 5) is 0. The molecule has 0 saturated carbocycles. The van der Waals surface area contributed by atoms with E-state index >= 15 is 13.2 Å². The highest BCUT2D eigenvalue weighted by atomic mass is 19.4. The Hall–Kier alpha value is -7.61. The van der Waals surface area contributed by atoms with Gasteiger partial charge in [0.05, 0.1) is 50.5 Å². The number of nitriles is 2. The molecule has 8 aromatic rings. The predicted octanol–water partition coefficient (Wildman–Crippen LogP) is 12.1. The fraction of sp³-hybridized carbons (Fsp3) is 0.0943. The summed E-state index contributed by atoms with van der Waals surface area (Å²) in [6.07, 6.45) is 9.26. The van der Waals surface area contributed by atoms with Crippen molar-refractivity contribution in [3.63, 3.8) is 0 Å². The fourth-order valence-electron chi connectivity index (χ4n) is 9.04. The Morgan fingerprint density at radius 1 is 0.667 bits per heavy atom. The van der Waals surface area contributed by atoms with Crippen molar-refractivity contribution in [1.82, 2.24) is 9.13 Å². The topological polar surface area (TPSA) is 57.4 Å². The van der Waals surface area contributed by atoms with Gasteiger partial charge in [-0.05, 0) is 96.6 Å². The third kappa shape index (κ3) is 5.82. The van der Waals surface area contributed by atoms with Crippen molar-refractivity contribution >= 4 is 44.4 Å². The average molecular weight is 785 g/mol. The number of fused-ring (bicyclic) bond motifs is 6. The van der Waals surface area contributed by atoms with Crippen LogP contribution in [0.5, 0.6) is 0 Å². The predicted molar refractivity (Wildman–Crippen MR) is 235 cm³/mol. The quantitative estimate of drug-likeness (QED) is 0.178. The van der Waals surface area contributed by atoms with E-state index in [0.29, 0.717) is 23.1 Å². The summed E-state index contributed by atoms with van der Waals surface area (Å²) in [5.74, 6) is 0. The molecule has 0 amide bonds. The van der Waals surface area contributed by atoms with E-state index in [1.54, 1.807) is 12.1 Å². The van der Waals surface area contributed by atoms with Gasteiger partial charge in [0.15, 0.2) is 0 Å². The van der Waals surface area contributed by atoms with Gasteiger partial charge >= 0.3 is 6.18 Å². The van der Waals surface area contributed by atoms with E-state index in [1.807, 2.05) is 84.3 Å². The molecule has 0 bridgehead atoms. The van der Waals surface area contributed by atoms with Gasteiger partial charge < -0.3 is 9.13 Å². The van der Waals surface area contributed by atoms with E-state index in [1.165, 1.54) is 17.7 Å². The molecular weight excluding hydrogens is 750 g/mol. The van der Waals surface area contributed by atoms with Gasteiger partial charge in [-0.15, -0.1) is 0 Å². The minimum atomic E-state index is -4.79. The third-order valence-corrected chi connectivity index (χ3v) is 11.9. The van der Waals surface area contributed by atoms with Gasteiger partial charge in [0.25, 0.3) is 0 Å². The normalized spacial score (nSPS) is 14.6. The molecule has 0 saturated heterocycles. The number of halogens is 3. The molecule has 2 aliphatic carbocycles. The molecule has 2 heterocycles. The van der Waals surface area contributed by atoms with Crippen LogP contribution in [0.25, 0.3) is 78.0 Å². The third-order valence-electron chi connectivity index (χ3n) is 11.9. The Kier molecular flexibility index (Phi) is 8.59. The molecule has 2 aliphatic rings. The minimum absolute atomic E-state index is 0.128. The Morgan fingerprint density at radius 3 is 2.20 bits per heavy atom. The van der Waals surface area contributed by atoms with Crippen molar-refractivity contribution in [1.29, 1.82) is 10.5 Å². The molecule has 0 aliphatic heterocycles. The lowest BCUT2D eigenvalue weighted by Crippen LogP contribution is -2.21. The second-order valence-corrected chi connectivity index (χ2v) is 15.5. The minimum Gasteiger partial charge on any atom is -0.308 e. The molecule has 2 aromatic heterocycles. The lowest BCUT2D eigenvalue weighted by Gasteiger charge is -2.22. The van der Waals surface area contributed by atoms with Crippen LogP contribution in [-0.2, 0) is 12.6 Å². The number of alkyl halides is 3. The van der Waals surface area contributed by atoms with Gasteiger partial charge in [0.2, 0.25) is 0 Å². The largest absolute Gasteiger partial charge is 0.417 e. The first kappa shape index (κ1) is 36.7. The summed E-state index contributed by atoms with van der Waals surface area (Å²) in [6.45, 7) is 4.11. The van der Waals surface area contributed by atoms with E-state index in [9.17, 15) is 10.5 Å².